The molecule has 0 heterocycles. The fourth-order valence-electron chi connectivity index (χ4n) is 1.52. The number of nitrogens with two attached hydrogens (primary N) is 1. The van der Waals surface area contributed by atoms with Crippen LogP contribution in [0.4, 0.5) is 28.9 Å². The van der Waals surface area contributed by atoms with Gasteiger partial charge in [0.25, 0.3) is 5.91 Å². The zero-order valence-electron chi connectivity index (χ0n) is 9.88. The van der Waals surface area contributed by atoms with Crippen molar-refractivity contribution in [3.05, 3.63) is 59.2 Å². The predicted molar refractivity (Wildman–Crippen MR) is 65.1 cm³/mol. The highest BCUT2D eigenvalue weighted by Gasteiger charge is 2.16. The van der Waals surface area contributed by atoms with Crippen LogP contribution in [0.25, 0.3) is 0 Å². The summed E-state index contributed by atoms with van der Waals surface area (Å²) in [5, 5.41) is 2.04. The Morgan fingerprint density at radius 1 is 0.950 bits per heavy atom. The third-order valence-corrected chi connectivity index (χ3v) is 2.51. The Kier molecular flexibility index (Phi) is 3.60. The number of amides is 1. The normalized spacial score (nSPS) is 10.4. The van der Waals surface area contributed by atoms with Gasteiger partial charge >= 0.3 is 0 Å². The molecule has 2 rings (SSSR count). The zero-order valence-corrected chi connectivity index (χ0v) is 9.88. The third kappa shape index (κ3) is 2.71. The second-order valence-electron chi connectivity index (χ2n) is 3.93. The van der Waals surface area contributed by atoms with Crippen LogP contribution in [0.3, 0.4) is 0 Å². The standard InChI is InChI=1S/C13H8F4N2O/c14-6-1-2-12(10(17)3-6)19-13(20)7-4-11(18)9(16)5-8(7)15/h1-5H,18H2,(H,19,20). The average Bonchev–Trinajstić information content (AvgIpc) is 2.37. The Balaban J connectivity index is 2.31. The van der Waals surface area contributed by atoms with Crippen LogP contribution in [0.1, 0.15) is 10.4 Å². The van der Waals surface area contributed by atoms with Crippen molar-refractivity contribution in [1.29, 1.82) is 0 Å². The molecule has 0 saturated carbocycles. The smallest absolute Gasteiger partial charge is 0.258 e. The minimum atomic E-state index is -1.14. The molecule has 0 aromatic heterocycles. The van der Waals surface area contributed by atoms with Crippen LogP contribution in [0.15, 0.2) is 30.3 Å². The van der Waals surface area contributed by atoms with Crippen molar-refractivity contribution in [2.45, 2.75) is 0 Å². The van der Waals surface area contributed by atoms with Crippen molar-refractivity contribution >= 4 is 17.3 Å². The Bertz CT molecular complexity index is 688. The Labute approximate surface area is 111 Å². The highest BCUT2D eigenvalue weighted by molar-refractivity contribution is 6.05. The molecular weight excluding hydrogens is 276 g/mol. The molecule has 1 amide bonds. The Morgan fingerprint density at radius 3 is 2.30 bits per heavy atom. The zero-order chi connectivity index (χ0) is 14.9. The van der Waals surface area contributed by atoms with E-state index in [1.54, 1.807) is 0 Å². The van der Waals surface area contributed by atoms with Crippen LogP contribution in [0.2, 0.25) is 0 Å². The van der Waals surface area contributed by atoms with Gasteiger partial charge in [-0.3, -0.25) is 4.79 Å². The fraction of sp³-hybridized carbons (Fsp3) is 0. The van der Waals surface area contributed by atoms with E-state index in [-0.39, 0.29) is 5.69 Å². The van der Waals surface area contributed by atoms with Gasteiger partial charge in [-0.25, -0.2) is 17.6 Å². The summed E-state index contributed by atoms with van der Waals surface area (Å²) in [5.41, 5.74) is 3.92. The second kappa shape index (κ2) is 5.20. The number of nitrogen functional groups attached to an aromatic ring is 1. The van der Waals surface area contributed by atoms with Crippen molar-refractivity contribution in [1.82, 2.24) is 0 Å². The van der Waals surface area contributed by atoms with Gasteiger partial charge in [0.2, 0.25) is 0 Å². The lowest BCUT2D eigenvalue weighted by Gasteiger charge is -2.08. The molecule has 3 nitrogen and oxygen atoms in total. The number of carbonyl (C=O) groups is 1. The number of anilines is 2. The van der Waals surface area contributed by atoms with Gasteiger partial charge in [-0.2, -0.15) is 0 Å². The summed E-state index contributed by atoms with van der Waals surface area (Å²) >= 11 is 0. The number of nitrogens with one attached hydrogen (secondary N) is 1. The SMILES string of the molecule is Nc1cc(C(=O)Nc2ccc(F)cc2F)c(F)cc1F. The van der Waals surface area contributed by atoms with Crippen LogP contribution in [0.5, 0.6) is 0 Å². The second-order valence-corrected chi connectivity index (χ2v) is 3.93. The van der Waals surface area contributed by atoms with E-state index in [0.29, 0.717) is 12.1 Å². The summed E-state index contributed by atoms with van der Waals surface area (Å²) in [4.78, 5) is 11.7. The van der Waals surface area contributed by atoms with Gasteiger partial charge in [-0.15, -0.1) is 0 Å². The van der Waals surface area contributed by atoms with E-state index in [2.05, 4.69) is 0 Å². The van der Waals surface area contributed by atoms with Gasteiger partial charge in [-0.05, 0) is 18.2 Å². The van der Waals surface area contributed by atoms with Crippen LogP contribution in [0, 0.1) is 23.3 Å². The van der Waals surface area contributed by atoms with Gasteiger partial charge in [0, 0.05) is 12.1 Å². The molecule has 0 fully saturated rings. The highest BCUT2D eigenvalue weighted by atomic mass is 19.1. The Hall–Kier alpha value is -2.57. The van der Waals surface area contributed by atoms with Gasteiger partial charge < -0.3 is 11.1 Å². The minimum Gasteiger partial charge on any atom is -0.396 e. The van der Waals surface area contributed by atoms with Crippen LogP contribution >= 0.6 is 0 Å². The van der Waals surface area contributed by atoms with Crippen molar-refractivity contribution in [2.75, 3.05) is 11.1 Å². The van der Waals surface area contributed by atoms with Gasteiger partial charge in [-0.1, -0.05) is 0 Å². The Morgan fingerprint density at radius 2 is 1.65 bits per heavy atom. The first-order valence-corrected chi connectivity index (χ1v) is 5.39. The average molecular weight is 284 g/mol. The molecule has 0 bridgehead atoms. The largest absolute Gasteiger partial charge is 0.396 e. The third-order valence-electron chi connectivity index (χ3n) is 2.51. The lowest BCUT2D eigenvalue weighted by Crippen LogP contribution is -2.15. The highest BCUT2D eigenvalue weighted by Crippen LogP contribution is 2.20. The summed E-state index contributed by atoms with van der Waals surface area (Å²) in [6.45, 7) is 0. The molecule has 0 saturated heterocycles. The van der Waals surface area contributed by atoms with Crippen LogP contribution in [-0.2, 0) is 0 Å². The molecule has 20 heavy (non-hydrogen) atoms. The number of hydrogen-bond acceptors (Lipinski definition) is 2. The van der Waals surface area contributed by atoms with Crippen molar-refractivity contribution in [3.8, 4) is 0 Å². The quantitative estimate of drug-likeness (QED) is 0.657. The number of benzene rings is 2. The molecule has 0 aliphatic heterocycles. The topological polar surface area (TPSA) is 55.1 Å². The lowest BCUT2D eigenvalue weighted by atomic mass is 10.1. The molecule has 0 spiro atoms. The lowest BCUT2D eigenvalue weighted by molar-refractivity contribution is 0.102. The van der Waals surface area contributed by atoms with E-state index in [1.165, 1.54) is 0 Å². The van der Waals surface area contributed by atoms with Crippen molar-refractivity contribution < 1.29 is 22.4 Å². The van der Waals surface area contributed by atoms with E-state index in [4.69, 9.17) is 5.73 Å². The number of halogens is 4. The molecule has 0 radical (unpaired) electrons. The van der Waals surface area contributed by atoms with Gasteiger partial charge in [0.1, 0.15) is 23.3 Å². The van der Waals surface area contributed by atoms with E-state index in [1.807, 2.05) is 5.32 Å². The van der Waals surface area contributed by atoms with Crippen molar-refractivity contribution in [2.24, 2.45) is 0 Å². The summed E-state index contributed by atoms with van der Waals surface area (Å²) in [6, 6.07) is 3.71. The van der Waals surface area contributed by atoms with Crippen LogP contribution < -0.4 is 11.1 Å². The van der Waals surface area contributed by atoms with Crippen LogP contribution in [-0.4, -0.2) is 5.91 Å². The van der Waals surface area contributed by atoms with E-state index in [0.717, 1.165) is 18.2 Å². The molecule has 0 aliphatic carbocycles. The predicted octanol–water partition coefficient (Wildman–Crippen LogP) is 3.08. The molecule has 0 unspecified atom stereocenters. The summed E-state index contributed by atoms with van der Waals surface area (Å²) in [7, 11) is 0. The summed E-state index contributed by atoms with van der Waals surface area (Å²) < 4.78 is 52.4. The molecular formula is C13H8F4N2O. The molecule has 3 N–H and O–H groups in total. The number of carbonyl (C=O) groups excluding carboxylic acids is 1. The molecule has 2 aromatic rings. The van der Waals surface area contributed by atoms with E-state index < -0.39 is 40.4 Å². The number of hydrogen-bond donors (Lipinski definition) is 2. The van der Waals surface area contributed by atoms with E-state index >= 15 is 0 Å². The summed E-state index contributed by atoms with van der Waals surface area (Å²) in [6.07, 6.45) is 0. The van der Waals surface area contributed by atoms with Crippen molar-refractivity contribution in [3.63, 3.8) is 0 Å². The molecule has 0 aliphatic rings. The maximum absolute atomic E-state index is 13.4. The molecule has 0 atom stereocenters. The molecule has 7 heteroatoms. The van der Waals surface area contributed by atoms with E-state index in [9.17, 15) is 22.4 Å². The first-order valence-electron chi connectivity index (χ1n) is 5.39. The summed E-state index contributed by atoms with van der Waals surface area (Å²) in [5.74, 6) is -5.02. The van der Waals surface area contributed by atoms with Gasteiger partial charge in [0.05, 0.1) is 16.9 Å². The number of rotatable bonds is 2. The van der Waals surface area contributed by atoms with Gasteiger partial charge in [0.15, 0.2) is 0 Å². The first-order chi connectivity index (χ1) is 9.38. The maximum Gasteiger partial charge on any atom is 0.258 e. The first kappa shape index (κ1) is 13.9. The minimum absolute atomic E-state index is 0.335. The maximum atomic E-state index is 13.4. The molecule has 2 aromatic carbocycles. The fourth-order valence-corrected chi connectivity index (χ4v) is 1.52. The molecule has 104 valence electrons. The monoisotopic (exact) mass is 284 g/mol.